The van der Waals surface area contributed by atoms with Gasteiger partial charge in [0.25, 0.3) is 5.91 Å². The normalized spacial score (nSPS) is 10.2. The summed E-state index contributed by atoms with van der Waals surface area (Å²) in [6, 6.07) is 12.3. The van der Waals surface area contributed by atoms with Gasteiger partial charge in [0.2, 0.25) is 5.91 Å². The van der Waals surface area contributed by atoms with Gasteiger partial charge in [0, 0.05) is 18.3 Å². The molecule has 6 heteroatoms. The topological polar surface area (TPSA) is 75.7 Å². The lowest BCUT2D eigenvalue weighted by atomic mass is 10.1. The number of aryl methyl sites for hydroxylation is 2. The van der Waals surface area contributed by atoms with Crippen LogP contribution in [-0.4, -0.2) is 42.7 Å². The van der Waals surface area contributed by atoms with Gasteiger partial charge in [-0.1, -0.05) is 18.2 Å². The van der Waals surface area contributed by atoms with Crippen LogP contribution in [0.4, 0.5) is 5.69 Å². The van der Waals surface area contributed by atoms with Gasteiger partial charge in [0.05, 0.1) is 6.54 Å². The minimum Gasteiger partial charge on any atom is -0.484 e. The summed E-state index contributed by atoms with van der Waals surface area (Å²) in [6.07, 6.45) is 0. The Morgan fingerprint density at radius 1 is 1.00 bits per heavy atom. The number of nitrogens with zero attached hydrogens (tertiary/aromatic N) is 1. The van der Waals surface area contributed by atoms with E-state index in [2.05, 4.69) is 5.32 Å². The second kappa shape index (κ2) is 8.98. The van der Waals surface area contributed by atoms with Gasteiger partial charge < -0.3 is 15.0 Å². The van der Waals surface area contributed by atoms with Crippen molar-refractivity contribution in [1.29, 1.82) is 0 Å². The number of hydrogen-bond acceptors (Lipinski definition) is 4. The molecular formula is C21H24N2O4. The second-order valence-electron chi connectivity index (χ2n) is 6.43. The van der Waals surface area contributed by atoms with Crippen LogP contribution in [-0.2, 0) is 9.59 Å². The van der Waals surface area contributed by atoms with E-state index in [4.69, 9.17) is 4.74 Å². The molecule has 0 aromatic heterocycles. The van der Waals surface area contributed by atoms with Gasteiger partial charge in [-0.3, -0.25) is 14.4 Å². The maximum Gasteiger partial charge on any atom is 0.260 e. The van der Waals surface area contributed by atoms with Crippen LogP contribution in [0.3, 0.4) is 0 Å². The van der Waals surface area contributed by atoms with E-state index < -0.39 is 0 Å². The van der Waals surface area contributed by atoms with Gasteiger partial charge in [0.1, 0.15) is 5.75 Å². The number of amides is 2. The zero-order chi connectivity index (χ0) is 20.0. The van der Waals surface area contributed by atoms with Crippen molar-refractivity contribution in [1.82, 2.24) is 4.90 Å². The molecule has 0 spiro atoms. The van der Waals surface area contributed by atoms with E-state index in [0.29, 0.717) is 11.3 Å². The molecule has 1 N–H and O–H groups in total. The van der Waals surface area contributed by atoms with Crippen LogP contribution < -0.4 is 10.1 Å². The number of anilines is 1. The molecule has 2 amide bonds. The third-order valence-electron chi connectivity index (χ3n) is 4.18. The van der Waals surface area contributed by atoms with Crippen molar-refractivity contribution < 1.29 is 19.1 Å². The first-order chi connectivity index (χ1) is 12.8. The van der Waals surface area contributed by atoms with Gasteiger partial charge in [-0.15, -0.1) is 0 Å². The zero-order valence-corrected chi connectivity index (χ0v) is 16.0. The van der Waals surface area contributed by atoms with Crippen LogP contribution >= 0.6 is 0 Å². The van der Waals surface area contributed by atoms with Crippen LogP contribution in [0.15, 0.2) is 42.5 Å². The molecule has 0 bridgehead atoms. The molecule has 2 aromatic rings. The molecule has 0 saturated carbocycles. The van der Waals surface area contributed by atoms with E-state index in [-0.39, 0.29) is 30.7 Å². The van der Waals surface area contributed by atoms with E-state index in [1.807, 2.05) is 32.0 Å². The summed E-state index contributed by atoms with van der Waals surface area (Å²) < 4.78 is 5.43. The van der Waals surface area contributed by atoms with Crippen molar-refractivity contribution in [2.24, 2.45) is 0 Å². The molecule has 0 aliphatic rings. The maximum atomic E-state index is 12.2. The number of carbonyl (C=O) groups is 3. The van der Waals surface area contributed by atoms with Gasteiger partial charge in [0.15, 0.2) is 12.4 Å². The molecule has 0 aliphatic heterocycles. The molecule has 0 atom stereocenters. The highest BCUT2D eigenvalue weighted by atomic mass is 16.5. The molecule has 0 radical (unpaired) electrons. The first-order valence-corrected chi connectivity index (χ1v) is 8.61. The molecular weight excluding hydrogens is 344 g/mol. The van der Waals surface area contributed by atoms with Crippen LogP contribution in [0.2, 0.25) is 0 Å². The summed E-state index contributed by atoms with van der Waals surface area (Å²) in [5, 5.41) is 2.85. The number of ether oxygens (including phenoxy) is 1. The number of para-hydroxylation sites is 1. The highest BCUT2D eigenvalue weighted by molar-refractivity contribution is 5.96. The number of nitrogens with one attached hydrogen (secondary N) is 1. The van der Waals surface area contributed by atoms with E-state index >= 15 is 0 Å². The van der Waals surface area contributed by atoms with Crippen LogP contribution in [0.5, 0.6) is 5.75 Å². The van der Waals surface area contributed by atoms with Gasteiger partial charge in [-0.05, 0) is 56.2 Å². The Bertz CT molecular complexity index is 824. The first kappa shape index (κ1) is 20.2. The number of likely N-dealkylation sites (N-methyl/N-ethyl adjacent to an activating group) is 1. The number of Topliss-reactive ketones (excluding diaryl/α,β-unsaturated/α-hetero) is 1. The Labute approximate surface area is 159 Å². The summed E-state index contributed by atoms with van der Waals surface area (Å²) in [5.41, 5.74) is 3.28. The fraction of sp³-hybridized carbons (Fsp3) is 0.286. The van der Waals surface area contributed by atoms with E-state index in [9.17, 15) is 14.4 Å². The van der Waals surface area contributed by atoms with Crippen molar-refractivity contribution in [3.05, 3.63) is 59.2 Å². The van der Waals surface area contributed by atoms with Crippen molar-refractivity contribution in [2.45, 2.75) is 20.8 Å². The lowest BCUT2D eigenvalue weighted by molar-refractivity contribution is -0.135. The van der Waals surface area contributed by atoms with Crippen molar-refractivity contribution >= 4 is 23.3 Å². The monoisotopic (exact) mass is 368 g/mol. The summed E-state index contributed by atoms with van der Waals surface area (Å²) in [7, 11) is 1.55. The Kier molecular flexibility index (Phi) is 6.71. The molecule has 0 fully saturated rings. The lowest BCUT2D eigenvalue weighted by Crippen LogP contribution is -2.37. The highest BCUT2D eigenvalue weighted by Gasteiger charge is 2.15. The Balaban J connectivity index is 1.86. The molecule has 142 valence electrons. The smallest absolute Gasteiger partial charge is 0.260 e. The predicted octanol–water partition coefficient (Wildman–Crippen LogP) is 2.98. The quantitative estimate of drug-likeness (QED) is 0.763. The SMILES string of the molecule is CC(=O)c1ccc(OCC(=O)N(C)CC(=O)Nc2c(C)cccc2C)cc1. The molecule has 2 rings (SSSR count). The summed E-state index contributed by atoms with van der Waals surface area (Å²) in [4.78, 5) is 37.0. The average molecular weight is 368 g/mol. The Hall–Kier alpha value is -3.15. The molecule has 0 heterocycles. The minimum atomic E-state index is -0.317. The number of carbonyl (C=O) groups excluding carboxylic acids is 3. The van der Waals surface area contributed by atoms with E-state index in [1.54, 1.807) is 31.3 Å². The maximum absolute atomic E-state index is 12.2. The molecule has 2 aromatic carbocycles. The molecule has 27 heavy (non-hydrogen) atoms. The fourth-order valence-corrected chi connectivity index (χ4v) is 2.54. The van der Waals surface area contributed by atoms with Crippen molar-refractivity contribution in [3.8, 4) is 5.75 Å². The number of ketones is 1. The average Bonchev–Trinajstić information content (AvgIpc) is 2.63. The third kappa shape index (κ3) is 5.67. The van der Waals surface area contributed by atoms with Gasteiger partial charge >= 0.3 is 0 Å². The number of rotatable bonds is 7. The van der Waals surface area contributed by atoms with Crippen molar-refractivity contribution in [2.75, 3.05) is 25.5 Å². The molecule has 0 saturated heterocycles. The lowest BCUT2D eigenvalue weighted by Gasteiger charge is -2.18. The second-order valence-corrected chi connectivity index (χ2v) is 6.43. The van der Waals surface area contributed by atoms with E-state index in [0.717, 1.165) is 16.8 Å². The first-order valence-electron chi connectivity index (χ1n) is 8.61. The fourth-order valence-electron chi connectivity index (χ4n) is 2.54. The van der Waals surface area contributed by atoms with Gasteiger partial charge in [-0.25, -0.2) is 0 Å². The Morgan fingerprint density at radius 2 is 1.59 bits per heavy atom. The minimum absolute atomic E-state index is 0.0349. The standard InChI is InChI=1S/C21H24N2O4/c1-14-6-5-7-15(2)21(14)22-19(25)12-23(4)20(26)13-27-18-10-8-17(9-11-18)16(3)24/h5-11H,12-13H2,1-4H3,(H,22,25). The largest absolute Gasteiger partial charge is 0.484 e. The van der Waals surface area contributed by atoms with Crippen LogP contribution in [0, 0.1) is 13.8 Å². The van der Waals surface area contributed by atoms with Crippen LogP contribution in [0.1, 0.15) is 28.4 Å². The summed E-state index contributed by atoms with van der Waals surface area (Å²) in [5.74, 6) is -0.134. The zero-order valence-electron chi connectivity index (χ0n) is 16.0. The molecule has 0 unspecified atom stereocenters. The van der Waals surface area contributed by atoms with Crippen molar-refractivity contribution in [3.63, 3.8) is 0 Å². The van der Waals surface area contributed by atoms with Gasteiger partial charge in [-0.2, -0.15) is 0 Å². The highest BCUT2D eigenvalue weighted by Crippen LogP contribution is 2.19. The number of hydrogen-bond donors (Lipinski definition) is 1. The van der Waals surface area contributed by atoms with E-state index in [1.165, 1.54) is 11.8 Å². The summed E-state index contributed by atoms with van der Waals surface area (Å²) >= 11 is 0. The third-order valence-corrected chi connectivity index (χ3v) is 4.18. The summed E-state index contributed by atoms with van der Waals surface area (Å²) in [6.45, 7) is 5.06. The predicted molar refractivity (Wildman–Crippen MR) is 104 cm³/mol. The Morgan fingerprint density at radius 3 is 2.15 bits per heavy atom. The van der Waals surface area contributed by atoms with Crippen LogP contribution in [0.25, 0.3) is 0 Å². The molecule has 0 aliphatic carbocycles. The number of benzene rings is 2. The molecule has 6 nitrogen and oxygen atoms in total.